The number of nitrogens with one attached hydrogen (secondary N) is 1. The third kappa shape index (κ3) is 6.16. The first-order chi connectivity index (χ1) is 9.52. The van der Waals surface area contributed by atoms with Crippen LogP contribution in [0.2, 0.25) is 0 Å². The summed E-state index contributed by atoms with van der Waals surface area (Å²) < 4.78 is 5.89. The van der Waals surface area contributed by atoms with Gasteiger partial charge in [-0.1, -0.05) is 15.9 Å². The van der Waals surface area contributed by atoms with Crippen LogP contribution < -0.4 is 5.32 Å². The van der Waals surface area contributed by atoms with E-state index in [2.05, 4.69) is 21.2 Å². The monoisotopic (exact) mass is 342 g/mol. The molecule has 0 spiro atoms. The second-order valence-corrected chi connectivity index (χ2v) is 5.22. The number of anilines is 1. The lowest BCUT2D eigenvalue weighted by atomic mass is 10.3. The van der Waals surface area contributed by atoms with Crippen LogP contribution in [0.4, 0.5) is 5.69 Å². The first kappa shape index (κ1) is 16.7. The molecule has 1 aromatic rings. The molecule has 0 fully saturated rings. The van der Waals surface area contributed by atoms with Crippen LogP contribution in [0, 0.1) is 0 Å². The Hall–Kier alpha value is -1.40. The lowest BCUT2D eigenvalue weighted by molar-refractivity contribution is -0.130. The van der Waals surface area contributed by atoms with Crippen LogP contribution in [0.1, 0.15) is 13.3 Å². The molecule has 1 N–H and O–H groups in total. The summed E-state index contributed by atoms with van der Waals surface area (Å²) in [6, 6.07) is 7.34. The Morgan fingerprint density at radius 3 is 2.45 bits per heavy atom. The number of methoxy groups -OCH3 is 1. The van der Waals surface area contributed by atoms with Gasteiger partial charge in [-0.15, -0.1) is 0 Å². The average Bonchev–Trinajstić information content (AvgIpc) is 2.41. The van der Waals surface area contributed by atoms with Crippen LogP contribution in [0.15, 0.2) is 28.7 Å². The van der Waals surface area contributed by atoms with Crippen LogP contribution in [-0.4, -0.2) is 43.5 Å². The molecule has 20 heavy (non-hydrogen) atoms. The Bertz CT molecular complexity index is 448. The fraction of sp³-hybridized carbons (Fsp3) is 0.429. The lowest BCUT2D eigenvalue weighted by Crippen LogP contribution is -2.34. The number of carbonyl (C=O) groups is 2. The van der Waals surface area contributed by atoms with Crippen molar-refractivity contribution in [2.24, 2.45) is 0 Å². The molecule has 0 bridgehead atoms. The summed E-state index contributed by atoms with van der Waals surface area (Å²) in [6.45, 7) is 2.84. The summed E-state index contributed by atoms with van der Waals surface area (Å²) in [5, 5.41) is 2.79. The molecule has 110 valence electrons. The van der Waals surface area contributed by atoms with E-state index in [1.807, 2.05) is 24.3 Å². The number of hydrogen-bond donors (Lipinski definition) is 1. The van der Waals surface area contributed by atoms with Gasteiger partial charge in [-0.2, -0.15) is 0 Å². The fourth-order valence-electron chi connectivity index (χ4n) is 1.62. The van der Waals surface area contributed by atoms with Gasteiger partial charge in [-0.25, -0.2) is 0 Å². The number of halogens is 1. The Labute approximate surface area is 127 Å². The Morgan fingerprint density at radius 2 is 1.90 bits per heavy atom. The molecule has 6 heteroatoms. The van der Waals surface area contributed by atoms with Crippen molar-refractivity contribution in [1.82, 2.24) is 4.90 Å². The summed E-state index contributed by atoms with van der Waals surface area (Å²) in [4.78, 5) is 24.8. The van der Waals surface area contributed by atoms with Gasteiger partial charge in [0, 0.05) is 43.7 Å². The van der Waals surface area contributed by atoms with Crippen LogP contribution in [-0.2, 0) is 14.3 Å². The highest BCUT2D eigenvalue weighted by atomic mass is 79.9. The van der Waals surface area contributed by atoms with Crippen LogP contribution in [0.3, 0.4) is 0 Å². The van der Waals surface area contributed by atoms with Gasteiger partial charge in [0.15, 0.2) is 0 Å². The molecule has 0 aliphatic heterocycles. The molecule has 5 nitrogen and oxygen atoms in total. The average molecular weight is 343 g/mol. The van der Waals surface area contributed by atoms with Crippen molar-refractivity contribution >= 4 is 33.4 Å². The molecule has 0 saturated carbocycles. The molecule has 1 rings (SSSR count). The first-order valence-corrected chi connectivity index (χ1v) is 7.12. The second kappa shape index (κ2) is 8.71. The van der Waals surface area contributed by atoms with Crippen molar-refractivity contribution in [3.63, 3.8) is 0 Å². The van der Waals surface area contributed by atoms with E-state index in [0.717, 1.165) is 10.2 Å². The Balaban J connectivity index is 2.41. The van der Waals surface area contributed by atoms with Gasteiger partial charge in [0.25, 0.3) is 0 Å². The van der Waals surface area contributed by atoms with E-state index in [0.29, 0.717) is 19.7 Å². The standard InChI is InChI=1S/C14H19BrN2O3/c1-11(18)17(9-10-20-2)8-7-14(19)16-13-5-3-12(15)4-6-13/h3-6H,7-10H2,1-2H3,(H,16,19). The number of nitrogens with zero attached hydrogens (tertiary/aromatic N) is 1. The topological polar surface area (TPSA) is 58.6 Å². The molecule has 0 saturated heterocycles. The maximum atomic E-state index is 11.8. The van der Waals surface area contributed by atoms with E-state index in [-0.39, 0.29) is 18.2 Å². The van der Waals surface area contributed by atoms with E-state index < -0.39 is 0 Å². The minimum absolute atomic E-state index is 0.0570. The molecule has 1 aromatic carbocycles. The zero-order valence-electron chi connectivity index (χ0n) is 11.7. The molecule has 0 heterocycles. The number of hydrogen-bond acceptors (Lipinski definition) is 3. The number of ether oxygens (including phenoxy) is 1. The van der Waals surface area contributed by atoms with Crippen molar-refractivity contribution in [3.8, 4) is 0 Å². The third-order valence-electron chi connectivity index (χ3n) is 2.75. The Kier molecular flexibility index (Phi) is 7.25. The van der Waals surface area contributed by atoms with Gasteiger partial charge >= 0.3 is 0 Å². The minimum atomic E-state index is -0.115. The van der Waals surface area contributed by atoms with E-state index in [4.69, 9.17) is 4.74 Å². The van der Waals surface area contributed by atoms with E-state index in [1.54, 1.807) is 12.0 Å². The number of amides is 2. The van der Waals surface area contributed by atoms with Gasteiger partial charge in [-0.3, -0.25) is 9.59 Å². The zero-order valence-corrected chi connectivity index (χ0v) is 13.3. The van der Waals surface area contributed by atoms with Gasteiger partial charge in [0.05, 0.1) is 6.61 Å². The number of carbonyl (C=O) groups excluding carboxylic acids is 2. The highest BCUT2D eigenvalue weighted by Crippen LogP contribution is 2.14. The van der Waals surface area contributed by atoms with Crippen LogP contribution in [0.25, 0.3) is 0 Å². The van der Waals surface area contributed by atoms with E-state index >= 15 is 0 Å². The molecular weight excluding hydrogens is 324 g/mol. The van der Waals surface area contributed by atoms with Crippen molar-refractivity contribution in [1.29, 1.82) is 0 Å². The van der Waals surface area contributed by atoms with E-state index in [9.17, 15) is 9.59 Å². The highest BCUT2D eigenvalue weighted by Gasteiger charge is 2.11. The summed E-state index contributed by atoms with van der Waals surface area (Å²) in [6.07, 6.45) is 0.263. The van der Waals surface area contributed by atoms with Crippen molar-refractivity contribution in [2.45, 2.75) is 13.3 Å². The van der Waals surface area contributed by atoms with E-state index in [1.165, 1.54) is 6.92 Å². The molecule has 0 radical (unpaired) electrons. The minimum Gasteiger partial charge on any atom is -0.383 e. The predicted molar refractivity (Wildman–Crippen MR) is 81.5 cm³/mol. The van der Waals surface area contributed by atoms with Gasteiger partial charge in [0.2, 0.25) is 11.8 Å². The van der Waals surface area contributed by atoms with Gasteiger partial charge in [-0.05, 0) is 24.3 Å². The quantitative estimate of drug-likeness (QED) is 0.826. The third-order valence-corrected chi connectivity index (χ3v) is 3.28. The number of rotatable bonds is 7. The second-order valence-electron chi connectivity index (χ2n) is 4.30. The molecule has 0 aliphatic carbocycles. The Morgan fingerprint density at radius 1 is 1.25 bits per heavy atom. The normalized spacial score (nSPS) is 10.2. The van der Waals surface area contributed by atoms with Crippen molar-refractivity contribution in [3.05, 3.63) is 28.7 Å². The smallest absolute Gasteiger partial charge is 0.226 e. The first-order valence-electron chi connectivity index (χ1n) is 6.33. The van der Waals surface area contributed by atoms with Crippen molar-refractivity contribution in [2.75, 3.05) is 32.1 Å². The molecule has 2 amide bonds. The summed E-state index contributed by atoms with van der Waals surface area (Å²) >= 11 is 3.33. The maximum absolute atomic E-state index is 11.8. The molecule has 0 atom stereocenters. The summed E-state index contributed by atoms with van der Waals surface area (Å²) in [5.41, 5.74) is 0.740. The van der Waals surface area contributed by atoms with Crippen LogP contribution in [0.5, 0.6) is 0 Å². The molecule has 0 aromatic heterocycles. The molecule has 0 aliphatic rings. The fourth-order valence-corrected chi connectivity index (χ4v) is 1.89. The molecular formula is C14H19BrN2O3. The summed E-state index contributed by atoms with van der Waals surface area (Å²) in [5.74, 6) is -0.172. The highest BCUT2D eigenvalue weighted by molar-refractivity contribution is 9.10. The SMILES string of the molecule is COCCN(CCC(=O)Nc1ccc(Br)cc1)C(C)=O. The van der Waals surface area contributed by atoms with Gasteiger partial charge < -0.3 is 15.0 Å². The predicted octanol–water partition coefficient (Wildman–Crippen LogP) is 2.27. The largest absolute Gasteiger partial charge is 0.383 e. The maximum Gasteiger partial charge on any atom is 0.226 e. The number of benzene rings is 1. The van der Waals surface area contributed by atoms with Crippen molar-refractivity contribution < 1.29 is 14.3 Å². The van der Waals surface area contributed by atoms with Gasteiger partial charge in [0.1, 0.15) is 0 Å². The molecule has 0 unspecified atom stereocenters. The van der Waals surface area contributed by atoms with Crippen LogP contribution >= 0.6 is 15.9 Å². The zero-order chi connectivity index (χ0) is 15.0. The summed E-state index contributed by atoms with van der Waals surface area (Å²) in [7, 11) is 1.58. The lowest BCUT2D eigenvalue weighted by Gasteiger charge is -2.20.